The van der Waals surface area contributed by atoms with Crippen LogP contribution in [0.4, 0.5) is 0 Å². The molecule has 0 fully saturated rings. The molecule has 0 amide bonds. The number of H-pyrrole nitrogens is 1. The largest absolute Gasteiger partial charge is 0.506 e. The van der Waals surface area contributed by atoms with Gasteiger partial charge in [0.05, 0.1) is 22.3 Å². The van der Waals surface area contributed by atoms with E-state index < -0.39 is 11.4 Å². The molecule has 3 aromatic carbocycles. The first-order chi connectivity index (χ1) is 16.5. The van der Waals surface area contributed by atoms with Crippen molar-refractivity contribution in [3.05, 3.63) is 110 Å². The summed E-state index contributed by atoms with van der Waals surface area (Å²) in [4.78, 5) is 43.3. The van der Waals surface area contributed by atoms with Gasteiger partial charge in [-0.15, -0.1) is 0 Å². The summed E-state index contributed by atoms with van der Waals surface area (Å²) in [5.74, 6) is -1.10. The summed E-state index contributed by atoms with van der Waals surface area (Å²) in [6.45, 7) is 0. The Labute approximate surface area is 200 Å². The minimum atomic E-state index is -0.814. The summed E-state index contributed by atoms with van der Waals surface area (Å²) in [5, 5.41) is 11.6. The summed E-state index contributed by atoms with van der Waals surface area (Å²) in [7, 11) is 0. The van der Waals surface area contributed by atoms with Crippen LogP contribution in [-0.2, 0) is 0 Å². The molecule has 0 bridgehead atoms. The van der Waals surface area contributed by atoms with Crippen molar-refractivity contribution in [2.24, 2.45) is 0 Å². The molecule has 2 aromatic heterocycles. The number of carbonyl (C=O) groups is 2. The summed E-state index contributed by atoms with van der Waals surface area (Å²) in [6, 6.07) is 20.5. The number of benzene rings is 3. The second kappa shape index (κ2) is 7.40. The average molecular weight is 512 g/mol. The van der Waals surface area contributed by atoms with Gasteiger partial charge < -0.3 is 14.5 Å². The van der Waals surface area contributed by atoms with Crippen molar-refractivity contribution in [1.82, 2.24) is 4.98 Å². The second-order valence-electron chi connectivity index (χ2n) is 7.95. The summed E-state index contributed by atoms with van der Waals surface area (Å²) >= 11 is 3.37. The number of aromatic amines is 1. The maximum absolute atomic E-state index is 13.6. The number of nitrogens with one attached hydrogen (secondary N) is 1. The van der Waals surface area contributed by atoms with Gasteiger partial charge in [-0.1, -0.05) is 70.5 Å². The molecule has 6 nitrogen and oxygen atoms in total. The number of ketones is 2. The lowest BCUT2D eigenvalue weighted by Gasteiger charge is -2.15. The normalized spacial score (nSPS) is 12.6. The number of carbonyl (C=O) groups excluding carboxylic acids is 2. The molecule has 0 saturated carbocycles. The topological polar surface area (TPSA) is 100 Å². The molecule has 7 heteroatoms. The molecule has 0 spiro atoms. The van der Waals surface area contributed by atoms with Crippen molar-refractivity contribution in [2.75, 3.05) is 0 Å². The molecule has 0 atom stereocenters. The van der Waals surface area contributed by atoms with E-state index in [1.165, 1.54) is 0 Å². The van der Waals surface area contributed by atoms with Gasteiger partial charge in [0.15, 0.2) is 5.78 Å². The van der Waals surface area contributed by atoms with Crippen LogP contribution < -0.4 is 5.63 Å². The fourth-order valence-electron chi connectivity index (χ4n) is 4.50. The standard InChI is InChI=1S/C27H14BrNO5/c28-14-10-11-18-17(12-14)25(31)21(27(33)34-18)19-20-23(29-22(19)13-6-2-1-3-7-13)26(32)16-9-5-4-8-15(16)24(20)30/h1-12,29,31H. The second-order valence-corrected chi connectivity index (χ2v) is 8.86. The van der Waals surface area contributed by atoms with Gasteiger partial charge in [0.25, 0.3) is 0 Å². The number of fused-ring (bicyclic) bond motifs is 3. The van der Waals surface area contributed by atoms with Crippen molar-refractivity contribution >= 4 is 38.5 Å². The van der Waals surface area contributed by atoms with Crippen LogP contribution in [0.3, 0.4) is 0 Å². The van der Waals surface area contributed by atoms with Gasteiger partial charge in [-0.3, -0.25) is 9.59 Å². The van der Waals surface area contributed by atoms with Crippen molar-refractivity contribution in [3.63, 3.8) is 0 Å². The Bertz CT molecular complexity index is 1730. The molecule has 0 aliphatic heterocycles. The zero-order valence-electron chi connectivity index (χ0n) is 17.4. The molecule has 0 saturated heterocycles. The van der Waals surface area contributed by atoms with Crippen LogP contribution in [0.5, 0.6) is 5.75 Å². The van der Waals surface area contributed by atoms with Gasteiger partial charge in [-0.05, 0) is 23.8 Å². The van der Waals surface area contributed by atoms with Gasteiger partial charge in [0, 0.05) is 21.2 Å². The average Bonchev–Trinajstić information content (AvgIpc) is 3.24. The monoisotopic (exact) mass is 511 g/mol. The zero-order chi connectivity index (χ0) is 23.6. The van der Waals surface area contributed by atoms with Crippen molar-refractivity contribution < 1.29 is 19.1 Å². The molecule has 6 rings (SSSR count). The highest BCUT2D eigenvalue weighted by molar-refractivity contribution is 9.10. The first-order valence-corrected chi connectivity index (χ1v) is 11.2. The Kier molecular flexibility index (Phi) is 4.43. The highest BCUT2D eigenvalue weighted by Crippen LogP contribution is 2.44. The number of halogens is 1. The van der Waals surface area contributed by atoms with E-state index >= 15 is 0 Å². The Morgan fingerprint density at radius 3 is 2.15 bits per heavy atom. The third kappa shape index (κ3) is 2.84. The molecule has 1 aliphatic rings. The van der Waals surface area contributed by atoms with Gasteiger partial charge in [-0.25, -0.2) is 4.79 Å². The highest BCUT2D eigenvalue weighted by atomic mass is 79.9. The van der Waals surface area contributed by atoms with Crippen LogP contribution in [0.2, 0.25) is 0 Å². The zero-order valence-corrected chi connectivity index (χ0v) is 19.0. The fraction of sp³-hybridized carbons (Fsp3) is 0. The first kappa shape index (κ1) is 20.4. The highest BCUT2D eigenvalue weighted by Gasteiger charge is 2.37. The number of aromatic nitrogens is 1. The molecule has 2 heterocycles. The van der Waals surface area contributed by atoms with Crippen LogP contribution >= 0.6 is 15.9 Å². The smallest absolute Gasteiger partial charge is 0.348 e. The van der Waals surface area contributed by atoms with Crippen LogP contribution in [0, 0.1) is 0 Å². The molecule has 0 unspecified atom stereocenters. The summed E-state index contributed by atoms with van der Waals surface area (Å²) in [6.07, 6.45) is 0. The van der Waals surface area contributed by atoms with E-state index in [0.29, 0.717) is 21.1 Å². The maximum atomic E-state index is 13.6. The molecular formula is C27H14BrNO5. The number of hydrogen-bond donors (Lipinski definition) is 2. The van der Waals surface area contributed by atoms with Crippen LogP contribution in [-0.4, -0.2) is 21.7 Å². The SMILES string of the molecule is O=C1c2ccccc2C(=O)c2c1[nH]c(-c1ccccc1)c2-c1c(O)c2cc(Br)ccc2oc1=O. The number of rotatable bonds is 2. The van der Waals surface area contributed by atoms with Gasteiger partial charge >= 0.3 is 5.63 Å². The lowest BCUT2D eigenvalue weighted by atomic mass is 9.84. The van der Waals surface area contributed by atoms with Crippen LogP contribution in [0.1, 0.15) is 32.0 Å². The molecule has 164 valence electrons. The Balaban J connectivity index is 1.76. The van der Waals surface area contributed by atoms with E-state index in [2.05, 4.69) is 20.9 Å². The van der Waals surface area contributed by atoms with Crippen molar-refractivity contribution in [2.45, 2.75) is 0 Å². The van der Waals surface area contributed by atoms with Crippen LogP contribution in [0.25, 0.3) is 33.4 Å². The minimum absolute atomic E-state index is 0.0412. The quantitative estimate of drug-likeness (QED) is 0.290. The Morgan fingerprint density at radius 2 is 1.41 bits per heavy atom. The molecule has 2 N–H and O–H groups in total. The van der Waals surface area contributed by atoms with E-state index in [0.717, 1.165) is 0 Å². The number of aromatic hydroxyl groups is 1. The lowest BCUT2D eigenvalue weighted by molar-refractivity contribution is 0.0977. The van der Waals surface area contributed by atoms with Crippen molar-refractivity contribution in [3.8, 4) is 28.1 Å². The third-order valence-electron chi connectivity index (χ3n) is 6.02. The minimum Gasteiger partial charge on any atom is -0.506 e. The molecule has 0 radical (unpaired) electrons. The van der Waals surface area contributed by atoms with Crippen LogP contribution in [0.15, 0.2) is 86.5 Å². The summed E-state index contributed by atoms with van der Waals surface area (Å²) < 4.78 is 6.19. The van der Waals surface area contributed by atoms with Gasteiger partial charge in [0.1, 0.15) is 16.9 Å². The number of hydrogen-bond acceptors (Lipinski definition) is 5. The predicted molar refractivity (Wildman–Crippen MR) is 130 cm³/mol. The molecule has 5 aromatic rings. The van der Waals surface area contributed by atoms with E-state index in [1.807, 2.05) is 6.07 Å². The molecule has 1 aliphatic carbocycles. The Morgan fingerprint density at radius 1 is 0.735 bits per heavy atom. The first-order valence-electron chi connectivity index (χ1n) is 10.4. The van der Waals surface area contributed by atoms with Crippen molar-refractivity contribution in [1.29, 1.82) is 0 Å². The van der Waals surface area contributed by atoms with Gasteiger partial charge in [0.2, 0.25) is 5.78 Å². The van der Waals surface area contributed by atoms with Gasteiger partial charge in [-0.2, -0.15) is 0 Å². The van der Waals surface area contributed by atoms with E-state index in [-0.39, 0.29) is 50.6 Å². The van der Waals surface area contributed by atoms with E-state index in [1.54, 1.807) is 66.7 Å². The van der Waals surface area contributed by atoms with E-state index in [9.17, 15) is 19.5 Å². The molecule has 34 heavy (non-hydrogen) atoms. The fourth-order valence-corrected chi connectivity index (χ4v) is 4.86. The maximum Gasteiger partial charge on any atom is 0.348 e. The third-order valence-corrected chi connectivity index (χ3v) is 6.52. The molecular weight excluding hydrogens is 498 g/mol. The van der Waals surface area contributed by atoms with E-state index in [4.69, 9.17) is 4.42 Å². The summed E-state index contributed by atoms with van der Waals surface area (Å²) in [5.41, 5.74) is 1.01. The Hall–Kier alpha value is -4.23. The lowest BCUT2D eigenvalue weighted by Crippen LogP contribution is -2.21. The predicted octanol–water partition coefficient (Wildman–Crippen LogP) is 5.70.